The Morgan fingerprint density at radius 2 is 1.74 bits per heavy atom. The van der Waals surface area contributed by atoms with E-state index in [2.05, 4.69) is 29.7 Å². The number of alkyl halides is 2. The van der Waals surface area contributed by atoms with Gasteiger partial charge in [-0.1, -0.05) is 29.8 Å². The van der Waals surface area contributed by atoms with E-state index in [-0.39, 0.29) is 19.8 Å². The zero-order chi connectivity index (χ0) is 30.9. The van der Waals surface area contributed by atoms with Crippen LogP contribution >= 0.6 is 7.94 Å². The number of hydrogen-bond acceptors (Lipinski definition) is 9. The SMILES string of the molecule is C=Nc1c(N)nc2cc(C)ccc2c1/C=C(\C)CCc1ccc(OCCOCCOCCC(F)(F)[P+](O)(O)O)cc1C. The Balaban J connectivity index is 1.45. The zero-order valence-corrected chi connectivity index (χ0v) is 25.0. The highest BCUT2D eigenvalue weighted by Gasteiger charge is 2.61. The highest BCUT2D eigenvalue weighted by atomic mass is 31.2. The molecule has 0 saturated heterocycles. The lowest BCUT2D eigenvalue weighted by molar-refractivity contribution is -0.00937. The first kappa shape index (κ1) is 33.5. The molecule has 0 spiro atoms. The van der Waals surface area contributed by atoms with Gasteiger partial charge < -0.3 is 19.9 Å². The van der Waals surface area contributed by atoms with Crippen LogP contribution in [0.2, 0.25) is 0 Å². The number of allylic oxidation sites excluding steroid dienone is 1. The lowest BCUT2D eigenvalue weighted by Crippen LogP contribution is -2.23. The van der Waals surface area contributed by atoms with Gasteiger partial charge in [0.25, 0.3) is 0 Å². The standard InChI is InChI=1S/C30H39F2N3O6P/c1-20(17-26-25-10-6-21(2)18-27(25)35-29(33)28(26)34-4)5-7-23-8-9-24(19-22(23)3)41-16-15-40-14-13-39-12-11-30(31,32)42(36,37)38/h6,8-10,17-19,36-38H,4-5,7,11-16H2,1-3H3,(H2,33,35)/q+1/b20-17+. The van der Waals surface area contributed by atoms with Crippen molar-refractivity contribution < 1.29 is 37.7 Å². The van der Waals surface area contributed by atoms with E-state index < -0.39 is 26.6 Å². The fourth-order valence-electron chi connectivity index (χ4n) is 4.30. The second-order valence-electron chi connectivity index (χ2n) is 10.1. The van der Waals surface area contributed by atoms with Gasteiger partial charge in [-0.2, -0.15) is 23.5 Å². The van der Waals surface area contributed by atoms with Crippen LogP contribution in [0, 0.1) is 13.8 Å². The number of halogens is 2. The van der Waals surface area contributed by atoms with Gasteiger partial charge in [0.15, 0.2) is 5.82 Å². The lowest BCUT2D eigenvalue weighted by Gasteiger charge is -2.15. The van der Waals surface area contributed by atoms with Gasteiger partial charge in [-0.05, 0) is 75.2 Å². The minimum atomic E-state index is -5.23. The molecule has 2 aromatic carbocycles. The maximum atomic E-state index is 13.2. The van der Waals surface area contributed by atoms with E-state index in [9.17, 15) is 8.78 Å². The van der Waals surface area contributed by atoms with Crippen molar-refractivity contribution in [1.82, 2.24) is 4.98 Å². The summed E-state index contributed by atoms with van der Waals surface area (Å²) in [5.74, 6) is 1.07. The summed E-state index contributed by atoms with van der Waals surface area (Å²) in [4.78, 5) is 34.7. The highest BCUT2D eigenvalue weighted by molar-refractivity contribution is 7.59. The third kappa shape index (κ3) is 9.22. The first-order valence-electron chi connectivity index (χ1n) is 13.5. The quantitative estimate of drug-likeness (QED) is 0.0893. The highest BCUT2D eigenvalue weighted by Crippen LogP contribution is 2.61. The number of benzene rings is 2. The number of fused-ring (bicyclic) bond motifs is 1. The van der Waals surface area contributed by atoms with Crippen LogP contribution in [0.15, 0.2) is 47.0 Å². The van der Waals surface area contributed by atoms with Gasteiger partial charge in [0.2, 0.25) is 0 Å². The van der Waals surface area contributed by atoms with Gasteiger partial charge in [0.1, 0.15) is 18.0 Å². The van der Waals surface area contributed by atoms with E-state index in [1.165, 1.54) is 11.1 Å². The summed E-state index contributed by atoms with van der Waals surface area (Å²) in [6, 6.07) is 12.0. The Bertz CT molecular complexity index is 1410. The first-order valence-corrected chi connectivity index (χ1v) is 15.1. The van der Waals surface area contributed by atoms with Crippen LogP contribution in [0.4, 0.5) is 20.3 Å². The van der Waals surface area contributed by atoms with Crippen LogP contribution in [0.1, 0.15) is 42.0 Å². The minimum Gasteiger partial charge on any atom is -0.491 e. The number of nitrogens with two attached hydrogens (primary N) is 1. The van der Waals surface area contributed by atoms with E-state index in [0.717, 1.165) is 40.4 Å². The molecule has 0 unspecified atom stereocenters. The molecule has 3 rings (SSSR count). The molecule has 0 saturated carbocycles. The molecule has 5 N–H and O–H groups in total. The summed E-state index contributed by atoms with van der Waals surface area (Å²) in [6.45, 7) is 10.2. The summed E-state index contributed by atoms with van der Waals surface area (Å²) in [5, 5.41) is 0.982. The monoisotopic (exact) mass is 606 g/mol. The van der Waals surface area contributed by atoms with Crippen molar-refractivity contribution in [1.29, 1.82) is 0 Å². The molecule has 0 aliphatic heterocycles. The van der Waals surface area contributed by atoms with Crippen molar-refractivity contribution in [3.05, 3.63) is 64.2 Å². The number of nitrogen functional groups attached to an aromatic ring is 1. The number of ether oxygens (including phenoxy) is 3. The molecule has 0 amide bonds. The number of aromatic nitrogens is 1. The van der Waals surface area contributed by atoms with Crippen LogP contribution in [0.3, 0.4) is 0 Å². The molecule has 0 aliphatic rings. The minimum absolute atomic E-state index is 0.0430. The average molecular weight is 607 g/mol. The fraction of sp³-hybridized carbons (Fsp3) is 0.400. The number of aryl methyl sites for hydroxylation is 3. The van der Waals surface area contributed by atoms with E-state index >= 15 is 0 Å². The lowest BCUT2D eigenvalue weighted by atomic mass is 9.98. The molecule has 0 atom stereocenters. The first-order chi connectivity index (χ1) is 19.8. The van der Waals surface area contributed by atoms with Crippen molar-refractivity contribution in [2.75, 3.05) is 38.8 Å². The predicted molar refractivity (Wildman–Crippen MR) is 164 cm³/mol. The molecular formula is C30H39F2N3O6P+. The number of hydrogen-bond donors (Lipinski definition) is 4. The van der Waals surface area contributed by atoms with Gasteiger partial charge in [-0.3, -0.25) is 4.99 Å². The molecule has 228 valence electrons. The second-order valence-corrected chi connectivity index (χ2v) is 11.9. The molecule has 1 heterocycles. The van der Waals surface area contributed by atoms with Gasteiger partial charge in [0.05, 0.1) is 38.4 Å². The van der Waals surface area contributed by atoms with Crippen LogP contribution < -0.4 is 10.5 Å². The van der Waals surface area contributed by atoms with Crippen LogP contribution in [0.25, 0.3) is 17.0 Å². The number of aliphatic imine (C=N–C) groups is 1. The molecule has 12 heteroatoms. The van der Waals surface area contributed by atoms with Crippen LogP contribution in [0.5, 0.6) is 5.75 Å². The summed E-state index contributed by atoms with van der Waals surface area (Å²) in [5.41, 5.74) is 9.12. The zero-order valence-electron chi connectivity index (χ0n) is 24.1. The van der Waals surface area contributed by atoms with Crippen molar-refractivity contribution in [3.63, 3.8) is 0 Å². The molecule has 0 aliphatic carbocycles. The predicted octanol–water partition coefficient (Wildman–Crippen LogP) is 5.94. The number of pyridine rings is 1. The summed E-state index contributed by atoms with van der Waals surface area (Å²) < 4.78 is 42.6. The number of anilines is 1. The normalized spacial score (nSPS) is 12.6. The Morgan fingerprint density at radius 1 is 1.05 bits per heavy atom. The maximum absolute atomic E-state index is 13.2. The maximum Gasteiger partial charge on any atom is 0.479 e. The van der Waals surface area contributed by atoms with E-state index in [0.29, 0.717) is 23.9 Å². The fourth-order valence-corrected chi connectivity index (χ4v) is 4.69. The summed E-state index contributed by atoms with van der Waals surface area (Å²) in [6.07, 6.45) is 2.79. The number of nitrogens with zero attached hydrogens (tertiary/aromatic N) is 2. The smallest absolute Gasteiger partial charge is 0.479 e. The Morgan fingerprint density at radius 3 is 2.40 bits per heavy atom. The van der Waals surface area contributed by atoms with Gasteiger partial charge in [0, 0.05) is 10.9 Å². The Hall–Kier alpha value is -3.05. The second kappa shape index (κ2) is 14.9. The third-order valence-corrected chi connectivity index (χ3v) is 7.79. The van der Waals surface area contributed by atoms with Gasteiger partial charge in [-0.25, -0.2) is 4.98 Å². The van der Waals surface area contributed by atoms with Crippen molar-refractivity contribution in [3.8, 4) is 5.75 Å². The van der Waals surface area contributed by atoms with Crippen molar-refractivity contribution in [2.45, 2.75) is 45.7 Å². The Kier molecular flexibility index (Phi) is 11.9. The van der Waals surface area contributed by atoms with Gasteiger partial charge >= 0.3 is 13.6 Å². The Labute approximate surface area is 245 Å². The van der Waals surface area contributed by atoms with Crippen molar-refractivity contribution in [2.24, 2.45) is 4.99 Å². The summed E-state index contributed by atoms with van der Waals surface area (Å²) >= 11 is 0. The average Bonchev–Trinajstić information content (AvgIpc) is 2.90. The number of rotatable bonds is 16. The molecule has 42 heavy (non-hydrogen) atoms. The van der Waals surface area contributed by atoms with Crippen LogP contribution in [-0.2, 0) is 15.9 Å². The largest absolute Gasteiger partial charge is 0.491 e. The molecule has 1 aromatic heterocycles. The van der Waals surface area contributed by atoms with Crippen molar-refractivity contribution >= 4 is 43.1 Å². The topological polar surface area (TPSA) is 140 Å². The molecule has 0 radical (unpaired) electrons. The molecule has 3 aromatic rings. The molecular weight excluding hydrogens is 567 g/mol. The third-order valence-electron chi connectivity index (χ3n) is 6.69. The van der Waals surface area contributed by atoms with E-state index in [1.54, 1.807) is 0 Å². The van der Waals surface area contributed by atoms with Crippen LogP contribution in [-0.4, -0.2) is 65.1 Å². The van der Waals surface area contributed by atoms with Gasteiger partial charge in [-0.15, -0.1) is 0 Å². The molecule has 0 bridgehead atoms. The van der Waals surface area contributed by atoms with E-state index in [1.807, 2.05) is 50.2 Å². The molecule has 0 fully saturated rings. The van der Waals surface area contributed by atoms with E-state index in [4.69, 9.17) is 34.6 Å². The molecule has 9 nitrogen and oxygen atoms in total. The summed E-state index contributed by atoms with van der Waals surface area (Å²) in [7, 11) is -5.23.